The number of benzene rings is 4. The van der Waals surface area contributed by atoms with Crippen LogP contribution in [0.15, 0.2) is 91.3 Å². The van der Waals surface area contributed by atoms with E-state index in [2.05, 4.69) is 40.7 Å². The van der Waals surface area contributed by atoms with Crippen LogP contribution >= 0.6 is 11.6 Å². The molecule has 1 unspecified atom stereocenters. The summed E-state index contributed by atoms with van der Waals surface area (Å²) in [6.45, 7) is 6.31. The van der Waals surface area contributed by atoms with Gasteiger partial charge < -0.3 is 34.6 Å². The van der Waals surface area contributed by atoms with Crippen LogP contribution in [-0.4, -0.2) is 74.8 Å². The van der Waals surface area contributed by atoms with Crippen molar-refractivity contribution < 1.29 is 44.2 Å². The van der Waals surface area contributed by atoms with Crippen molar-refractivity contribution in [2.45, 2.75) is 58.5 Å². The van der Waals surface area contributed by atoms with Gasteiger partial charge in [-0.25, -0.2) is 0 Å². The Balaban J connectivity index is 1.33. The van der Waals surface area contributed by atoms with E-state index in [1.807, 2.05) is 55.5 Å². The fourth-order valence-corrected chi connectivity index (χ4v) is 6.42. The quantitative estimate of drug-likeness (QED) is 0.0469. The predicted molar refractivity (Wildman–Crippen MR) is 222 cm³/mol. The molecule has 0 aliphatic carbocycles. The average molecular weight is 823 g/mol. The van der Waals surface area contributed by atoms with E-state index in [0.29, 0.717) is 44.5 Å². The number of nitrogens with one attached hydrogen (secondary N) is 2. The number of halogens is 1. The fourth-order valence-electron chi connectivity index (χ4n) is 6.18. The second-order valence-corrected chi connectivity index (χ2v) is 14.9. The molecule has 5 rings (SSSR count). The second kappa shape index (κ2) is 19.6. The van der Waals surface area contributed by atoms with Crippen molar-refractivity contribution in [2.75, 3.05) is 26.4 Å². The Hall–Kier alpha value is -6.01. The van der Waals surface area contributed by atoms with E-state index >= 15 is 0 Å². The zero-order valence-electron chi connectivity index (χ0n) is 33.2. The first kappa shape index (κ1) is 44.1. The number of carboxylic acids is 2. The zero-order valence-corrected chi connectivity index (χ0v) is 34.0. The first-order valence-corrected chi connectivity index (χ1v) is 19.1. The Morgan fingerprint density at radius 2 is 1.39 bits per heavy atom. The number of hydrogen-bond donors (Lipinski definition) is 6. The van der Waals surface area contributed by atoms with Crippen molar-refractivity contribution in [3.63, 3.8) is 0 Å². The van der Waals surface area contributed by atoms with Gasteiger partial charge in [0, 0.05) is 47.2 Å². The molecule has 59 heavy (non-hydrogen) atoms. The number of aliphatic hydroxyl groups excluding tert-OH is 2. The number of nitriles is 1. The molecule has 0 amide bonds. The summed E-state index contributed by atoms with van der Waals surface area (Å²) in [7, 11) is 0. The number of aliphatic carboxylic acids is 2. The van der Waals surface area contributed by atoms with Gasteiger partial charge in [0.25, 0.3) is 0 Å². The molecule has 0 spiro atoms. The minimum atomic E-state index is -1.60. The van der Waals surface area contributed by atoms with Gasteiger partial charge in [-0.15, -0.1) is 0 Å². The first-order chi connectivity index (χ1) is 28.2. The number of nitrogens with zero attached hydrogens (tertiary/aromatic N) is 2. The van der Waals surface area contributed by atoms with Gasteiger partial charge in [-0.05, 0) is 97.5 Å². The summed E-state index contributed by atoms with van der Waals surface area (Å²) in [6.07, 6.45) is 3.04. The lowest BCUT2D eigenvalue weighted by Crippen LogP contribution is -2.53. The van der Waals surface area contributed by atoms with Crippen LogP contribution in [0.4, 0.5) is 0 Å². The molecule has 0 saturated carbocycles. The van der Waals surface area contributed by atoms with Crippen LogP contribution in [0, 0.1) is 25.2 Å². The summed E-state index contributed by atoms with van der Waals surface area (Å²) in [4.78, 5) is 27.4. The Bertz CT molecular complexity index is 2330. The highest BCUT2D eigenvalue weighted by Gasteiger charge is 2.33. The maximum Gasteiger partial charge on any atom is 0.326 e. The van der Waals surface area contributed by atoms with Crippen LogP contribution < -0.4 is 24.8 Å². The molecule has 1 aromatic heterocycles. The first-order valence-electron chi connectivity index (χ1n) is 18.7. The van der Waals surface area contributed by atoms with Crippen molar-refractivity contribution in [1.82, 2.24) is 15.6 Å². The van der Waals surface area contributed by atoms with Crippen LogP contribution in [0.25, 0.3) is 22.3 Å². The van der Waals surface area contributed by atoms with Gasteiger partial charge in [0.2, 0.25) is 0 Å². The molecule has 0 saturated heterocycles. The fraction of sp³-hybridized carbons (Fsp3) is 0.289. The normalized spacial score (nSPS) is 13.1. The minimum Gasteiger partial charge on any atom is -0.492 e. The van der Waals surface area contributed by atoms with Crippen LogP contribution in [0.3, 0.4) is 0 Å². The Morgan fingerprint density at radius 3 is 2.05 bits per heavy atom. The molecule has 6 N–H and O–H groups in total. The summed E-state index contributed by atoms with van der Waals surface area (Å²) in [5.74, 6) is -0.674. The summed E-state index contributed by atoms with van der Waals surface area (Å²) in [5.41, 5.74) is 5.18. The van der Waals surface area contributed by atoms with E-state index in [-0.39, 0.29) is 32.9 Å². The molecule has 5 aromatic rings. The van der Waals surface area contributed by atoms with Gasteiger partial charge in [0.1, 0.15) is 54.2 Å². The molecule has 0 radical (unpaired) electrons. The molecule has 0 aliphatic rings. The molecule has 2 atom stereocenters. The van der Waals surface area contributed by atoms with Crippen LogP contribution in [0.2, 0.25) is 5.02 Å². The van der Waals surface area contributed by atoms with E-state index in [1.165, 1.54) is 20.0 Å². The van der Waals surface area contributed by atoms with E-state index in [0.717, 1.165) is 33.4 Å². The number of pyridine rings is 1. The molecule has 1 heterocycles. The van der Waals surface area contributed by atoms with E-state index in [9.17, 15) is 35.3 Å². The maximum atomic E-state index is 11.9. The smallest absolute Gasteiger partial charge is 0.326 e. The molecule has 308 valence electrons. The highest BCUT2D eigenvalue weighted by molar-refractivity contribution is 6.31. The summed E-state index contributed by atoms with van der Waals surface area (Å²) >= 11 is 6.79. The van der Waals surface area contributed by atoms with Crippen LogP contribution in [-0.2, 0) is 29.3 Å². The molecule has 13 nitrogen and oxygen atoms in total. The Labute approximate surface area is 347 Å². The zero-order chi connectivity index (χ0) is 42.7. The van der Waals surface area contributed by atoms with Crippen LogP contribution in [0.1, 0.15) is 47.2 Å². The third-order valence-corrected chi connectivity index (χ3v) is 10.5. The third-order valence-electron chi connectivity index (χ3n) is 10.1. The summed E-state index contributed by atoms with van der Waals surface area (Å²) < 4.78 is 18.4. The van der Waals surface area contributed by atoms with E-state index < -0.39 is 36.2 Å². The Morgan fingerprint density at radius 1 is 0.763 bits per heavy atom. The number of ether oxygens (including phenoxy) is 3. The van der Waals surface area contributed by atoms with Gasteiger partial charge in [0.05, 0.1) is 18.8 Å². The highest BCUT2D eigenvalue weighted by atomic mass is 35.5. The SMILES string of the molecule is Cc1c(OCc2cc(OCc3cncc(C#N)c3)c(CNC(C)(CO)C(=O)O)cc2Cl)cccc1-c1cccc(-c2ccc(OCCN[C@@](C)(CO)C(=O)O)cc2)c1C. The summed E-state index contributed by atoms with van der Waals surface area (Å²) in [6, 6.07) is 26.8. The van der Waals surface area contributed by atoms with Crippen LogP contribution in [0.5, 0.6) is 17.2 Å². The number of aromatic nitrogens is 1. The third kappa shape index (κ3) is 10.7. The lowest BCUT2D eigenvalue weighted by atomic mass is 9.90. The van der Waals surface area contributed by atoms with Gasteiger partial charge in [-0.3, -0.25) is 25.2 Å². The number of carboxylic acid groups (broad SMARTS) is 2. The summed E-state index contributed by atoms with van der Waals surface area (Å²) in [5, 5.41) is 53.6. The van der Waals surface area contributed by atoms with Crippen molar-refractivity contribution in [2.24, 2.45) is 0 Å². The lowest BCUT2D eigenvalue weighted by molar-refractivity contribution is -0.146. The van der Waals surface area contributed by atoms with Gasteiger partial charge in [-0.1, -0.05) is 54.1 Å². The molecule has 0 fully saturated rings. The van der Waals surface area contributed by atoms with Crippen molar-refractivity contribution in [3.8, 4) is 45.6 Å². The van der Waals surface area contributed by atoms with E-state index in [4.69, 9.17) is 25.8 Å². The number of hydrogen-bond acceptors (Lipinski definition) is 11. The molecular weight excluding hydrogens is 776 g/mol. The minimum absolute atomic E-state index is 0.0209. The van der Waals surface area contributed by atoms with Gasteiger partial charge in [0.15, 0.2) is 0 Å². The highest BCUT2D eigenvalue weighted by Crippen LogP contribution is 2.37. The van der Waals surface area contributed by atoms with Gasteiger partial charge >= 0.3 is 11.9 Å². The standard InChI is InChI=1S/C45H47ClN4O9/c1-28-36(32-11-13-35(14-12-32)57-16-15-49-44(3,26-51)42(53)54)7-5-8-37(28)38-9-6-10-40(29(38)2)59-25-34-19-41(58-24-31-17-30(20-47)21-48-22-31)33(18-39(34)46)23-50-45(4,27-52)43(55)56/h5-14,17-19,21-22,49-52H,15-16,23-27H2,1-4H3,(H,53,54)(H,55,56)/t44-,45?/m0/s1. The molecule has 4 aromatic carbocycles. The number of aliphatic hydroxyl groups is 2. The van der Waals surface area contributed by atoms with Crippen molar-refractivity contribution >= 4 is 23.5 Å². The van der Waals surface area contributed by atoms with Crippen molar-refractivity contribution in [1.29, 1.82) is 5.26 Å². The van der Waals surface area contributed by atoms with Crippen molar-refractivity contribution in [3.05, 3.63) is 130 Å². The average Bonchev–Trinajstić information content (AvgIpc) is 3.24. The number of rotatable bonds is 20. The molecule has 0 aliphatic heterocycles. The topological polar surface area (TPSA) is 203 Å². The second-order valence-electron chi connectivity index (χ2n) is 14.5. The maximum absolute atomic E-state index is 11.9. The largest absolute Gasteiger partial charge is 0.492 e. The number of carbonyl (C=O) groups is 2. The predicted octanol–water partition coefficient (Wildman–Crippen LogP) is 6.44. The van der Waals surface area contributed by atoms with E-state index in [1.54, 1.807) is 24.4 Å². The lowest BCUT2D eigenvalue weighted by Gasteiger charge is -2.25. The van der Waals surface area contributed by atoms with Gasteiger partial charge in [-0.2, -0.15) is 5.26 Å². The Kier molecular flexibility index (Phi) is 14.7. The molecule has 14 heteroatoms. The monoisotopic (exact) mass is 822 g/mol. The molecule has 0 bridgehead atoms. The molecular formula is C45H47ClN4O9.